The average Bonchev–Trinajstić information content (AvgIpc) is 2.70. The van der Waals surface area contributed by atoms with Crippen molar-refractivity contribution in [1.29, 1.82) is 0 Å². The summed E-state index contributed by atoms with van der Waals surface area (Å²) in [5.74, 6) is 5.26. The Morgan fingerprint density at radius 1 is 1.40 bits per heavy atom. The molecule has 0 aliphatic carbocycles. The van der Waals surface area contributed by atoms with Gasteiger partial charge < -0.3 is 5.73 Å². The molecule has 0 aliphatic heterocycles. The van der Waals surface area contributed by atoms with Gasteiger partial charge in [0.15, 0.2) is 5.13 Å². The van der Waals surface area contributed by atoms with Crippen molar-refractivity contribution in [2.45, 2.75) is 0 Å². The number of nitrogens with one attached hydrogen (secondary N) is 1. The summed E-state index contributed by atoms with van der Waals surface area (Å²) in [5.41, 5.74) is 10.8. The number of aromatic nitrogens is 1. The Kier molecular flexibility index (Phi) is 2.90. The van der Waals surface area contributed by atoms with Crippen LogP contribution >= 0.6 is 27.3 Å². The summed E-state index contributed by atoms with van der Waals surface area (Å²) < 4.78 is 0.871. The molecular formula is C9H9BrN4S. The lowest BCUT2D eigenvalue weighted by atomic mass is 10.1. The summed E-state index contributed by atoms with van der Waals surface area (Å²) in [7, 11) is 0. The van der Waals surface area contributed by atoms with Gasteiger partial charge in [-0.1, -0.05) is 6.07 Å². The summed E-state index contributed by atoms with van der Waals surface area (Å²) in [6.45, 7) is 0. The van der Waals surface area contributed by atoms with E-state index in [0.717, 1.165) is 15.7 Å². The predicted molar refractivity (Wildman–Crippen MR) is 67.5 cm³/mol. The van der Waals surface area contributed by atoms with Crippen molar-refractivity contribution in [3.63, 3.8) is 0 Å². The van der Waals surface area contributed by atoms with Gasteiger partial charge in [-0.2, -0.15) is 0 Å². The molecule has 2 rings (SSSR count). The van der Waals surface area contributed by atoms with Crippen molar-refractivity contribution in [3.8, 4) is 11.3 Å². The number of rotatable bonds is 2. The molecule has 0 saturated heterocycles. The van der Waals surface area contributed by atoms with E-state index < -0.39 is 0 Å². The summed E-state index contributed by atoms with van der Waals surface area (Å²) in [5, 5.41) is 2.63. The molecule has 0 fully saturated rings. The van der Waals surface area contributed by atoms with Gasteiger partial charge in [0.1, 0.15) is 0 Å². The van der Waals surface area contributed by atoms with E-state index in [2.05, 4.69) is 26.3 Å². The molecule has 15 heavy (non-hydrogen) atoms. The van der Waals surface area contributed by atoms with Crippen molar-refractivity contribution < 1.29 is 0 Å². The van der Waals surface area contributed by atoms with Crippen molar-refractivity contribution in [1.82, 2.24) is 4.98 Å². The number of halogens is 1. The molecule has 0 amide bonds. The molecule has 0 saturated carbocycles. The van der Waals surface area contributed by atoms with E-state index in [0.29, 0.717) is 10.8 Å². The summed E-state index contributed by atoms with van der Waals surface area (Å²) in [4.78, 5) is 4.29. The van der Waals surface area contributed by atoms with E-state index >= 15 is 0 Å². The number of hydrogen-bond donors (Lipinski definition) is 3. The number of nitrogens with zero attached hydrogens (tertiary/aromatic N) is 1. The Bertz CT molecular complexity index is 483. The maximum absolute atomic E-state index is 5.70. The average molecular weight is 285 g/mol. The highest BCUT2D eigenvalue weighted by Gasteiger charge is 2.05. The van der Waals surface area contributed by atoms with E-state index in [4.69, 9.17) is 11.6 Å². The van der Waals surface area contributed by atoms with E-state index in [9.17, 15) is 0 Å². The quantitative estimate of drug-likeness (QED) is 0.450. The first-order chi connectivity index (χ1) is 7.20. The van der Waals surface area contributed by atoms with Crippen LogP contribution in [0, 0.1) is 0 Å². The van der Waals surface area contributed by atoms with Crippen LogP contribution in [0.5, 0.6) is 0 Å². The monoisotopic (exact) mass is 284 g/mol. The molecule has 0 atom stereocenters. The minimum Gasteiger partial charge on any atom is -0.398 e. The molecule has 6 heteroatoms. The van der Waals surface area contributed by atoms with Gasteiger partial charge >= 0.3 is 0 Å². The third-order valence-electron chi connectivity index (χ3n) is 1.92. The number of nitrogens with two attached hydrogens (primary N) is 2. The van der Waals surface area contributed by atoms with Crippen LogP contribution in [0.1, 0.15) is 0 Å². The minimum absolute atomic E-state index is 0.693. The second-order valence-corrected chi connectivity index (χ2v) is 4.63. The summed E-state index contributed by atoms with van der Waals surface area (Å²) in [6, 6.07) is 5.70. The van der Waals surface area contributed by atoms with Crippen LogP contribution in [0.15, 0.2) is 28.1 Å². The topological polar surface area (TPSA) is 77.0 Å². The molecule has 4 nitrogen and oxygen atoms in total. The van der Waals surface area contributed by atoms with E-state index in [1.54, 1.807) is 0 Å². The van der Waals surface area contributed by atoms with E-state index in [-0.39, 0.29) is 0 Å². The number of hydrazine groups is 1. The molecule has 78 valence electrons. The smallest absolute Gasteiger partial charge is 0.197 e. The van der Waals surface area contributed by atoms with Crippen LogP contribution < -0.4 is 17.0 Å². The number of nitrogen functional groups attached to an aromatic ring is 2. The fourth-order valence-corrected chi connectivity index (χ4v) is 2.17. The SMILES string of the molecule is NNc1nc(-c2ccc(N)c(Br)c2)cs1. The molecule has 2 aromatic rings. The van der Waals surface area contributed by atoms with Crippen molar-refractivity contribution in [2.75, 3.05) is 11.2 Å². The molecule has 1 aromatic heterocycles. The second kappa shape index (κ2) is 4.18. The summed E-state index contributed by atoms with van der Waals surface area (Å²) >= 11 is 4.84. The molecule has 1 heterocycles. The molecule has 0 unspecified atom stereocenters. The van der Waals surface area contributed by atoms with Gasteiger partial charge in [0, 0.05) is 21.1 Å². The predicted octanol–water partition coefficient (Wildman–Crippen LogP) is 2.44. The fourth-order valence-electron chi connectivity index (χ4n) is 1.16. The van der Waals surface area contributed by atoms with Crippen LogP contribution in [0.25, 0.3) is 11.3 Å². The largest absolute Gasteiger partial charge is 0.398 e. The van der Waals surface area contributed by atoms with Gasteiger partial charge in [-0.15, -0.1) is 11.3 Å². The van der Waals surface area contributed by atoms with Crippen molar-refractivity contribution in [2.24, 2.45) is 5.84 Å². The Balaban J connectivity index is 2.40. The Hall–Kier alpha value is -1.11. The van der Waals surface area contributed by atoms with E-state index in [1.165, 1.54) is 11.3 Å². The van der Waals surface area contributed by atoms with Crippen molar-refractivity contribution >= 4 is 38.1 Å². The van der Waals surface area contributed by atoms with Gasteiger partial charge in [0.25, 0.3) is 0 Å². The summed E-state index contributed by atoms with van der Waals surface area (Å²) in [6.07, 6.45) is 0. The Morgan fingerprint density at radius 3 is 2.80 bits per heavy atom. The van der Waals surface area contributed by atoms with Crippen LogP contribution in [-0.4, -0.2) is 4.98 Å². The van der Waals surface area contributed by atoms with Crippen molar-refractivity contribution in [3.05, 3.63) is 28.1 Å². The minimum atomic E-state index is 0.693. The molecular weight excluding hydrogens is 276 g/mol. The molecule has 0 radical (unpaired) electrons. The second-order valence-electron chi connectivity index (χ2n) is 2.92. The van der Waals surface area contributed by atoms with Gasteiger partial charge in [0.2, 0.25) is 0 Å². The van der Waals surface area contributed by atoms with E-state index in [1.807, 2.05) is 23.6 Å². The maximum Gasteiger partial charge on any atom is 0.197 e. The lowest BCUT2D eigenvalue weighted by Gasteiger charge is -2.00. The van der Waals surface area contributed by atoms with Crippen LogP contribution in [0.4, 0.5) is 10.8 Å². The highest BCUT2D eigenvalue weighted by Crippen LogP contribution is 2.29. The van der Waals surface area contributed by atoms with Crippen LogP contribution in [0.3, 0.4) is 0 Å². The molecule has 0 spiro atoms. The highest BCUT2D eigenvalue weighted by atomic mass is 79.9. The first kappa shape index (κ1) is 10.4. The van der Waals surface area contributed by atoms with Gasteiger partial charge in [0.05, 0.1) is 5.69 Å². The molecule has 5 N–H and O–H groups in total. The fraction of sp³-hybridized carbons (Fsp3) is 0. The maximum atomic E-state index is 5.70. The van der Waals surface area contributed by atoms with Gasteiger partial charge in [-0.3, -0.25) is 5.43 Å². The first-order valence-corrected chi connectivity index (χ1v) is 5.85. The lowest BCUT2D eigenvalue weighted by molar-refractivity contribution is 1.29. The number of benzene rings is 1. The number of anilines is 2. The zero-order chi connectivity index (χ0) is 10.8. The third-order valence-corrected chi connectivity index (χ3v) is 3.38. The molecule has 0 bridgehead atoms. The number of thiazole rings is 1. The molecule has 1 aromatic carbocycles. The highest BCUT2D eigenvalue weighted by molar-refractivity contribution is 9.10. The van der Waals surface area contributed by atoms with Gasteiger partial charge in [-0.05, 0) is 28.1 Å². The Labute approximate surface area is 99.4 Å². The molecule has 0 aliphatic rings. The zero-order valence-corrected chi connectivity index (χ0v) is 10.1. The Morgan fingerprint density at radius 2 is 2.20 bits per heavy atom. The number of hydrogen-bond acceptors (Lipinski definition) is 5. The third kappa shape index (κ3) is 2.11. The standard InChI is InChI=1S/C9H9BrN4S/c10-6-3-5(1-2-7(6)11)8-4-15-9(13-8)14-12/h1-4H,11-12H2,(H,13,14). The van der Waals surface area contributed by atoms with Gasteiger partial charge in [-0.25, -0.2) is 10.8 Å². The van der Waals surface area contributed by atoms with Crippen LogP contribution in [-0.2, 0) is 0 Å². The normalized spacial score (nSPS) is 10.3. The first-order valence-electron chi connectivity index (χ1n) is 4.18. The van der Waals surface area contributed by atoms with Crippen LogP contribution in [0.2, 0.25) is 0 Å². The zero-order valence-electron chi connectivity index (χ0n) is 7.70. The lowest BCUT2D eigenvalue weighted by Crippen LogP contribution is -2.05.